The molecule has 15 heavy (non-hydrogen) atoms. The number of aromatic nitrogens is 1. The van der Waals surface area contributed by atoms with E-state index in [-0.39, 0.29) is 17.1 Å². The van der Waals surface area contributed by atoms with Gasteiger partial charge in [-0.1, -0.05) is 26.0 Å². The Morgan fingerprint density at radius 2 is 2.20 bits per heavy atom. The number of hydrogen-bond acceptors (Lipinski definition) is 2. The van der Waals surface area contributed by atoms with Crippen LogP contribution in [0.25, 0.3) is 0 Å². The Bertz CT molecular complexity index is 392. The Balaban J connectivity index is 2.31. The van der Waals surface area contributed by atoms with Crippen molar-refractivity contribution >= 4 is 5.78 Å². The van der Waals surface area contributed by atoms with Crippen molar-refractivity contribution in [1.82, 2.24) is 4.98 Å². The molecule has 0 spiro atoms. The van der Waals surface area contributed by atoms with Crippen LogP contribution in [-0.2, 0) is 4.79 Å². The Labute approximate surface area is 90.0 Å². The average Bonchev–Trinajstić information content (AvgIpc) is 2.23. The highest BCUT2D eigenvalue weighted by atomic mass is 16.1. The third-order valence-electron chi connectivity index (χ3n) is 2.82. The van der Waals surface area contributed by atoms with E-state index in [0.29, 0.717) is 0 Å². The van der Waals surface area contributed by atoms with Gasteiger partial charge in [0.15, 0.2) is 5.78 Å². The summed E-state index contributed by atoms with van der Waals surface area (Å²) in [5.74, 6) is 0.110. The van der Waals surface area contributed by atoms with Gasteiger partial charge >= 0.3 is 0 Å². The number of carbonyl (C=O) groups excluding carboxylic acids is 1. The van der Waals surface area contributed by atoms with Gasteiger partial charge in [0, 0.05) is 6.20 Å². The molecule has 0 N–H and O–H groups in total. The summed E-state index contributed by atoms with van der Waals surface area (Å²) in [5, 5.41) is 0. The van der Waals surface area contributed by atoms with Gasteiger partial charge in [0.2, 0.25) is 0 Å². The largest absolute Gasteiger partial charge is 0.294 e. The third-order valence-corrected chi connectivity index (χ3v) is 2.82. The summed E-state index contributed by atoms with van der Waals surface area (Å²) >= 11 is 0. The summed E-state index contributed by atoms with van der Waals surface area (Å²) in [6.07, 6.45) is 6.28. The molecular weight excluding hydrogens is 186 g/mol. The molecule has 0 radical (unpaired) electrons. The molecule has 1 aliphatic carbocycles. The first-order valence-corrected chi connectivity index (χ1v) is 5.22. The van der Waals surface area contributed by atoms with Crippen molar-refractivity contribution in [2.75, 3.05) is 0 Å². The molecule has 0 aliphatic heterocycles. The molecule has 1 aliphatic rings. The van der Waals surface area contributed by atoms with Gasteiger partial charge < -0.3 is 0 Å². The SMILES string of the molecule is CC1(C)C=CC(=O)C(c2ccccn2)C1. The first-order chi connectivity index (χ1) is 7.08. The average molecular weight is 201 g/mol. The molecule has 1 atom stereocenters. The second kappa shape index (κ2) is 3.61. The molecule has 0 amide bonds. The number of nitrogens with zero attached hydrogens (tertiary/aromatic N) is 1. The van der Waals surface area contributed by atoms with Crippen LogP contribution in [0.3, 0.4) is 0 Å². The minimum atomic E-state index is -0.0637. The summed E-state index contributed by atoms with van der Waals surface area (Å²) in [5.41, 5.74) is 0.982. The summed E-state index contributed by atoms with van der Waals surface area (Å²) in [6, 6.07) is 5.73. The highest BCUT2D eigenvalue weighted by Crippen LogP contribution is 2.36. The van der Waals surface area contributed by atoms with Crippen LogP contribution in [0.5, 0.6) is 0 Å². The van der Waals surface area contributed by atoms with Crippen molar-refractivity contribution in [1.29, 1.82) is 0 Å². The van der Waals surface area contributed by atoms with Crippen molar-refractivity contribution in [3.05, 3.63) is 42.2 Å². The van der Waals surface area contributed by atoms with Gasteiger partial charge in [0.1, 0.15) is 0 Å². The molecule has 0 saturated heterocycles. The van der Waals surface area contributed by atoms with E-state index in [1.165, 1.54) is 0 Å². The predicted octanol–water partition coefficient (Wildman–Crippen LogP) is 2.72. The second-order valence-electron chi connectivity index (χ2n) is 4.74. The first kappa shape index (κ1) is 10.1. The van der Waals surface area contributed by atoms with E-state index in [1.54, 1.807) is 12.3 Å². The molecule has 1 aromatic rings. The van der Waals surface area contributed by atoms with Crippen molar-refractivity contribution in [3.8, 4) is 0 Å². The fourth-order valence-corrected chi connectivity index (χ4v) is 1.95. The normalized spacial score (nSPS) is 24.1. The zero-order valence-electron chi connectivity index (χ0n) is 9.10. The Kier molecular flexibility index (Phi) is 2.43. The lowest BCUT2D eigenvalue weighted by Crippen LogP contribution is -2.24. The predicted molar refractivity (Wildman–Crippen MR) is 59.5 cm³/mol. The van der Waals surface area contributed by atoms with E-state index in [2.05, 4.69) is 18.8 Å². The van der Waals surface area contributed by atoms with Crippen LogP contribution in [0.4, 0.5) is 0 Å². The molecule has 1 heterocycles. The quantitative estimate of drug-likeness (QED) is 0.699. The molecular formula is C13H15NO. The van der Waals surface area contributed by atoms with Gasteiger partial charge in [0.25, 0.3) is 0 Å². The molecule has 1 aromatic heterocycles. The van der Waals surface area contributed by atoms with Crippen LogP contribution in [0, 0.1) is 5.41 Å². The lowest BCUT2D eigenvalue weighted by molar-refractivity contribution is -0.117. The van der Waals surface area contributed by atoms with E-state index < -0.39 is 0 Å². The van der Waals surface area contributed by atoms with E-state index >= 15 is 0 Å². The van der Waals surface area contributed by atoms with Gasteiger partial charge in [-0.05, 0) is 30.0 Å². The van der Waals surface area contributed by atoms with Crippen LogP contribution < -0.4 is 0 Å². The minimum Gasteiger partial charge on any atom is -0.294 e. The molecule has 0 saturated carbocycles. The van der Waals surface area contributed by atoms with Crippen LogP contribution in [0.1, 0.15) is 31.9 Å². The molecule has 0 fully saturated rings. The summed E-state index contributed by atoms with van der Waals surface area (Å²) in [6.45, 7) is 4.29. The van der Waals surface area contributed by atoms with Gasteiger partial charge in [-0.3, -0.25) is 9.78 Å². The summed E-state index contributed by atoms with van der Waals surface area (Å²) < 4.78 is 0. The van der Waals surface area contributed by atoms with Crippen molar-refractivity contribution in [2.45, 2.75) is 26.2 Å². The van der Waals surface area contributed by atoms with Gasteiger partial charge in [-0.2, -0.15) is 0 Å². The summed E-state index contributed by atoms with van der Waals surface area (Å²) in [7, 11) is 0. The summed E-state index contributed by atoms with van der Waals surface area (Å²) in [4.78, 5) is 16.0. The Morgan fingerprint density at radius 1 is 1.40 bits per heavy atom. The molecule has 1 unspecified atom stereocenters. The highest BCUT2D eigenvalue weighted by molar-refractivity contribution is 5.96. The number of hydrogen-bond donors (Lipinski definition) is 0. The maximum Gasteiger partial charge on any atom is 0.164 e. The van der Waals surface area contributed by atoms with Gasteiger partial charge in [0.05, 0.1) is 11.6 Å². The lowest BCUT2D eigenvalue weighted by Gasteiger charge is -2.29. The van der Waals surface area contributed by atoms with E-state index in [4.69, 9.17) is 0 Å². The number of rotatable bonds is 1. The van der Waals surface area contributed by atoms with Crippen LogP contribution in [0.15, 0.2) is 36.5 Å². The zero-order chi connectivity index (χ0) is 10.9. The molecule has 2 heteroatoms. The number of ketones is 1. The fraction of sp³-hybridized carbons (Fsp3) is 0.385. The van der Waals surface area contributed by atoms with E-state index in [9.17, 15) is 4.79 Å². The van der Waals surface area contributed by atoms with Gasteiger partial charge in [-0.15, -0.1) is 0 Å². The fourth-order valence-electron chi connectivity index (χ4n) is 1.95. The number of pyridine rings is 1. The topological polar surface area (TPSA) is 30.0 Å². The van der Waals surface area contributed by atoms with Crippen molar-refractivity contribution < 1.29 is 4.79 Å². The molecule has 2 nitrogen and oxygen atoms in total. The monoisotopic (exact) mass is 201 g/mol. The Hall–Kier alpha value is -1.44. The third kappa shape index (κ3) is 2.14. The molecule has 0 aromatic carbocycles. The van der Waals surface area contributed by atoms with E-state index in [1.807, 2.05) is 24.3 Å². The Morgan fingerprint density at radius 3 is 2.87 bits per heavy atom. The standard InChI is InChI=1S/C13H15NO/c1-13(2)7-6-12(15)10(9-13)11-5-3-4-8-14-11/h3-8,10H,9H2,1-2H3. The maximum absolute atomic E-state index is 11.8. The van der Waals surface area contributed by atoms with Crippen molar-refractivity contribution in [2.24, 2.45) is 5.41 Å². The minimum absolute atomic E-state index is 0.0637. The molecule has 78 valence electrons. The zero-order valence-corrected chi connectivity index (χ0v) is 9.10. The van der Waals surface area contributed by atoms with Crippen LogP contribution in [0.2, 0.25) is 0 Å². The smallest absolute Gasteiger partial charge is 0.164 e. The molecule has 2 rings (SSSR count). The van der Waals surface area contributed by atoms with Crippen LogP contribution in [-0.4, -0.2) is 10.8 Å². The van der Waals surface area contributed by atoms with E-state index in [0.717, 1.165) is 12.1 Å². The highest BCUT2D eigenvalue weighted by Gasteiger charge is 2.31. The van der Waals surface area contributed by atoms with Gasteiger partial charge in [-0.25, -0.2) is 0 Å². The maximum atomic E-state index is 11.8. The first-order valence-electron chi connectivity index (χ1n) is 5.22. The second-order valence-corrected chi connectivity index (χ2v) is 4.74. The molecule has 0 bridgehead atoms. The van der Waals surface area contributed by atoms with Crippen molar-refractivity contribution in [3.63, 3.8) is 0 Å². The lowest BCUT2D eigenvalue weighted by atomic mass is 9.75. The number of allylic oxidation sites excluding steroid dienone is 2. The number of carbonyl (C=O) groups is 1. The van der Waals surface area contributed by atoms with Crippen LogP contribution >= 0.6 is 0 Å².